The second kappa shape index (κ2) is 9.54. The van der Waals surface area contributed by atoms with E-state index in [1.54, 1.807) is 11.9 Å². The first-order chi connectivity index (χ1) is 7.57. The summed E-state index contributed by atoms with van der Waals surface area (Å²) in [4.78, 5) is 13.5. The molecule has 0 fully saturated rings. The Morgan fingerprint density at radius 1 is 1.44 bits per heavy atom. The monoisotopic (exact) mass is 246 g/mol. The van der Waals surface area contributed by atoms with Gasteiger partial charge in [-0.2, -0.15) is 0 Å². The molecule has 0 aliphatic carbocycles. The van der Waals surface area contributed by atoms with Crippen LogP contribution in [-0.4, -0.2) is 42.6 Å². The van der Waals surface area contributed by atoms with Crippen molar-refractivity contribution in [1.29, 1.82) is 0 Å². The van der Waals surface area contributed by atoms with Crippen LogP contribution in [0.25, 0.3) is 0 Å². The zero-order chi connectivity index (χ0) is 12.4. The number of hydrogen-bond acceptors (Lipinski definition) is 3. The topological polar surface area (TPSA) is 55.6 Å². The minimum Gasteiger partial charge on any atom is -0.393 e. The molecule has 0 aliphatic heterocycles. The Bertz CT molecular complexity index is 222. The van der Waals surface area contributed by atoms with Crippen LogP contribution in [0.15, 0.2) is 0 Å². The summed E-state index contributed by atoms with van der Waals surface area (Å²) >= 11 is 4.74. The van der Waals surface area contributed by atoms with Gasteiger partial charge in [0.25, 0.3) is 0 Å². The average Bonchev–Trinajstić information content (AvgIpc) is 2.25. The van der Waals surface area contributed by atoms with Crippen LogP contribution < -0.4 is 5.73 Å². The van der Waals surface area contributed by atoms with Crippen LogP contribution in [0.2, 0.25) is 0 Å². The van der Waals surface area contributed by atoms with E-state index < -0.39 is 0 Å². The fraction of sp³-hybridized carbons (Fsp3) is 0.818. The maximum absolute atomic E-state index is 11.5. The van der Waals surface area contributed by atoms with Crippen LogP contribution in [0.1, 0.15) is 32.6 Å². The Balaban J connectivity index is 3.51. The second-order valence-electron chi connectivity index (χ2n) is 3.79. The number of hydrogen-bond donors (Lipinski definition) is 1. The molecule has 2 N–H and O–H groups in total. The molecule has 0 radical (unpaired) electrons. The first-order valence-corrected chi connectivity index (χ1v) is 6.08. The Hall–Kier alpha value is -0.680. The summed E-state index contributed by atoms with van der Waals surface area (Å²) in [5.41, 5.74) is 5.36. The molecule has 0 aromatic rings. The summed E-state index contributed by atoms with van der Waals surface area (Å²) in [6.45, 7) is 3.50. The number of unbranched alkanes of at least 4 members (excludes halogenated alkanes) is 2. The molecule has 0 spiro atoms. The minimum absolute atomic E-state index is 0.0206. The van der Waals surface area contributed by atoms with Crippen molar-refractivity contribution >= 4 is 23.1 Å². The summed E-state index contributed by atoms with van der Waals surface area (Å²) < 4.78 is 5.27. The first-order valence-electron chi connectivity index (χ1n) is 5.68. The summed E-state index contributed by atoms with van der Waals surface area (Å²) in [6.07, 6.45) is 3.88. The van der Waals surface area contributed by atoms with Crippen molar-refractivity contribution in [2.75, 3.05) is 26.8 Å². The highest BCUT2D eigenvalue weighted by molar-refractivity contribution is 7.80. The van der Waals surface area contributed by atoms with E-state index in [0.29, 0.717) is 24.6 Å². The summed E-state index contributed by atoms with van der Waals surface area (Å²) in [5.74, 6) is -0.0206. The molecular weight excluding hydrogens is 224 g/mol. The van der Waals surface area contributed by atoms with Gasteiger partial charge < -0.3 is 15.4 Å². The van der Waals surface area contributed by atoms with Gasteiger partial charge in [0.1, 0.15) is 6.61 Å². The van der Waals surface area contributed by atoms with E-state index in [4.69, 9.17) is 22.7 Å². The van der Waals surface area contributed by atoms with Crippen molar-refractivity contribution in [3.8, 4) is 0 Å². The van der Waals surface area contributed by atoms with Gasteiger partial charge in [0.15, 0.2) is 0 Å². The number of amides is 1. The van der Waals surface area contributed by atoms with Crippen LogP contribution in [0.4, 0.5) is 0 Å². The van der Waals surface area contributed by atoms with Gasteiger partial charge in [-0.15, -0.1) is 0 Å². The van der Waals surface area contributed by atoms with Crippen LogP contribution in [-0.2, 0) is 9.53 Å². The molecule has 0 aromatic heterocycles. The van der Waals surface area contributed by atoms with Crippen molar-refractivity contribution in [2.45, 2.75) is 32.6 Å². The molecule has 0 atom stereocenters. The molecule has 0 heterocycles. The van der Waals surface area contributed by atoms with Crippen LogP contribution in [0, 0.1) is 0 Å². The van der Waals surface area contributed by atoms with Gasteiger partial charge in [0.05, 0.1) is 4.99 Å². The van der Waals surface area contributed by atoms with Crippen molar-refractivity contribution in [2.24, 2.45) is 5.73 Å². The van der Waals surface area contributed by atoms with E-state index in [2.05, 4.69) is 6.92 Å². The quantitative estimate of drug-likeness (QED) is 0.492. The van der Waals surface area contributed by atoms with E-state index >= 15 is 0 Å². The zero-order valence-electron chi connectivity index (χ0n) is 10.2. The smallest absolute Gasteiger partial charge is 0.248 e. The Morgan fingerprint density at radius 2 is 2.12 bits per heavy atom. The average molecular weight is 246 g/mol. The number of nitrogens with zero attached hydrogens (tertiary/aromatic N) is 1. The van der Waals surface area contributed by atoms with Crippen molar-refractivity contribution in [1.82, 2.24) is 4.90 Å². The Morgan fingerprint density at radius 3 is 2.69 bits per heavy atom. The molecule has 0 saturated carbocycles. The molecule has 0 unspecified atom stereocenters. The summed E-state index contributed by atoms with van der Waals surface area (Å²) in [6, 6.07) is 0. The molecule has 1 amide bonds. The summed E-state index contributed by atoms with van der Waals surface area (Å²) in [7, 11) is 1.73. The highest BCUT2D eigenvalue weighted by Gasteiger charge is 2.08. The van der Waals surface area contributed by atoms with E-state index in [1.807, 2.05) is 0 Å². The third kappa shape index (κ3) is 8.61. The van der Waals surface area contributed by atoms with Gasteiger partial charge in [-0.25, -0.2) is 0 Å². The Labute approximate surface area is 103 Å². The molecule has 0 aliphatic rings. The predicted molar refractivity (Wildman–Crippen MR) is 69.4 cm³/mol. The van der Waals surface area contributed by atoms with E-state index in [1.165, 1.54) is 0 Å². The largest absolute Gasteiger partial charge is 0.393 e. The van der Waals surface area contributed by atoms with Gasteiger partial charge in [-0.3, -0.25) is 4.79 Å². The Kier molecular flexibility index (Phi) is 9.13. The third-order valence-electron chi connectivity index (χ3n) is 2.24. The molecular formula is C11H22N2O2S. The van der Waals surface area contributed by atoms with E-state index in [0.717, 1.165) is 19.3 Å². The number of thiocarbonyl (C=S) groups is 1. The second-order valence-corrected chi connectivity index (χ2v) is 4.32. The van der Waals surface area contributed by atoms with Crippen molar-refractivity contribution < 1.29 is 9.53 Å². The van der Waals surface area contributed by atoms with Crippen molar-refractivity contribution in [3.63, 3.8) is 0 Å². The lowest BCUT2D eigenvalue weighted by Crippen LogP contribution is -2.33. The van der Waals surface area contributed by atoms with Gasteiger partial charge in [0.2, 0.25) is 5.91 Å². The number of likely N-dealkylation sites (N-methyl/N-ethyl adjacent to an activating group) is 1. The molecule has 0 saturated heterocycles. The van der Waals surface area contributed by atoms with Crippen molar-refractivity contribution in [3.05, 3.63) is 0 Å². The molecule has 0 bridgehead atoms. The number of carbonyl (C=O) groups excluding carboxylic acids is 1. The number of ether oxygens (including phenoxy) is 1. The van der Waals surface area contributed by atoms with Gasteiger partial charge in [-0.05, 0) is 6.42 Å². The molecule has 0 aromatic carbocycles. The van der Waals surface area contributed by atoms with Crippen LogP contribution in [0.3, 0.4) is 0 Å². The number of carbonyl (C=O) groups is 1. The number of nitrogens with two attached hydrogens (primary N) is 1. The molecule has 94 valence electrons. The predicted octanol–water partition coefficient (Wildman–Crippen LogP) is 1.33. The van der Waals surface area contributed by atoms with Crippen LogP contribution in [0.5, 0.6) is 0 Å². The lowest BCUT2D eigenvalue weighted by Gasteiger charge is -2.16. The third-order valence-corrected chi connectivity index (χ3v) is 2.44. The first kappa shape index (κ1) is 15.3. The molecule has 5 heteroatoms. The normalized spacial score (nSPS) is 10.1. The molecule has 0 rings (SSSR count). The molecule has 16 heavy (non-hydrogen) atoms. The van der Waals surface area contributed by atoms with Gasteiger partial charge in [-0.1, -0.05) is 32.0 Å². The fourth-order valence-electron chi connectivity index (χ4n) is 1.13. The lowest BCUT2D eigenvalue weighted by molar-refractivity contribution is -0.134. The maximum Gasteiger partial charge on any atom is 0.248 e. The molecule has 4 nitrogen and oxygen atoms in total. The standard InChI is InChI=1S/C11H22N2O2S/c1-3-4-5-8-15-9-11(14)13(2)7-6-10(12)16/h3-9H2,1-2H3,(H2,12,16). The van der Waals surface area contributed by atoms with Crippen LogP contribution >= 0.6 is 12.2 Å². The minimum atomic E-state index is -0.0206. The van der Waals surface area contributed by atoms with Gasteiger partial charge in [0, 0.05) is 26.6 Å². The summed E-state index contributed by atoms with van der Waals surface area (Å²) in [5, 5.41) is 0. The van der Waals surface area contributed by atoms with Gasteiger partial charge >= 0.3 is 0 Å². The maximum atomic E-state index is 11.5. The zero-order valence-corrected chi connectivity index (χ0v) is 11.0. The lowest BCUT2D eigenvalue weighted by atomic mass is 10.3. The number of rotatable bonds is 9. The van der Waals surface area contributed by atoms with E-state index in [9.17, 15) is 4.79 Å². The highest BCUT2D eigenvalue weighted by atomic mass is 32.1. The fourth-order valence-corrected chi connectivity index (χ4v) is 1.22. The van der Waals surface area contributed by atoms with E-state index in [-0.39, 0.29) is 12.5 Å². The SMILES string of the molecule is CCCCCOCC(=O)N(C)CCC(N)=S. The highest BCUT2D eigenvalue weighted by Crippen LogP contribution is 1.95.